The van der Waals surface area contributed by atoms with Crippen LogP contribution in [0.3, 0.4) is 0 Å². The quantitative estimate of drug-likeness (QED) is 0.870. The van der Waals surface area contributed by atoms with E-state index in [4.69, 9.17) is 0 Å². The van der Waals surface area contributed by atoms with E-state index in [0.717, 1.165) is 4.47 Å². The zero-order valence-electron chi connectivity index (χ0n) is 9.98. The molecule has 0 aliphatic rings. The summed E-state index contributed by atoms with van der Waals surface area (Å²) in [7, 11) is 1.31. The molecule has 1 N–H and O–H groups in total. The van der Waals surface area contributed by atoms with Gasteiger partial charge in [-0.1, -0.05) is 15.9 Å². The van der Waals surface area contributed by atoms with Crippen LogP contribution in [0.2, 0.25) is 0 Å². The average molecular weight is 340 g/mol. The summed E-state index contributed by atoms with van der Waals surface area (Å²) in [6.07, 6.45) is 0. The Hall–Kier alpha value is -1.66. The number of methoxy groups -OCH3 is 1. The van der Waals surface area contributed by atoms with Gasteiger partial charge in [0, 0.05) is 10.0 Å². The first kappa shape index (κ1) is 13.8. The summed E-state index contributed by atoms with van der Waals surface area (Å²) in [6.45, 7) is 0. The van der Waals surface area contributed by atoms with Crippen molar-refractivity contribution in [3.8, 4) is 0 Å². The first-order valence-corrected chi connectivity index (χ1v) is 7.02. The van der Waals surface area contributed by atoms with Crippen molar-refractivity contribution in [3.63, 3.8) is 0 Å². The fourth-order valence-electron chi connectivity index (χ4n) is 1.45. The number of hydrogen-bond donors (Lipinski definition) is 1. The summed E-state index contributed by atoms with van der Waals surface area (Å²) in [5, 5.41) is 4.92. The highest BCUT2D eigenvalue weighted by Crippen LogP contribution is 2.24. The van der Waals surface area contributed by atoms with E-state index in [1.54, 1.807) is 35.7 Å². The molecule has 0 aliphatic carbocycles. The van der Waals surface area contributed by atoms with Gasteiger partial charge in [-0.15, -0.1) is 11.3 Å². The topological polar surface area (TPSA) is 55.4 Å². The van der Waals surface area contributed by atoms with E-state index in [1.807, 2.05) is 0 Å². The van der Waals surface area contributed by atoms with Crippen LogP contribution in [0.1, 0.15) is 20.7 Å². The van der Waals surface area contributed by atoms with Crippen molar-refractivity contribution < 1.29 is 14.3 Å². The Morgan fingerprint density at radius 3 is 2.53 bits per heavy atom. The molecule has 2 rings (SSSR count). The van der Waals surface area contributed by atoms with Crippen LogP contribution in [0, 0.1) is 0 Å². The lowest BCUT2D eigenvalue weighted by atomic mass is 10.2. The van der Waals surface area contributed by atoms with Crippen LogP contribution in [0.15, 0.2) is 40.2 Å². The molecule has 0 fully saturated rings. The van der Waals surface area contributed by atoms with Crippen molar-refractivity contribution in [2.75, 3.05) is 12.4 Å². The Kier molecular flexibility index (Phi) is 4.34. The largest absolute Gasteiger partial charge is 0.465 e. The zero-order valence-corrected chi connectivity index (χ0v) is 12.4. The molecule has 2 aromatic rings. The molecule has 0 aliphatic heterocycles. The number of benzene rings is 1. The molecule has 1 aromatic heterocycles. The molecule has 1 heterocycles. The lowest BCUT2D eigenvalue weighted by Crippen LogP contribution is -2.13. The fourth-order valence-corrected chi connectivity index (χ4v) is 2.49. The molecule has 1 amide bonds. The van der Waals surface area contributed by atoms with E-state index in [2.05, 4.69) is 26.0 Å². The van der Waals surface area contributed by atoms with E-state index in [0.29, 0.717) is 16.1 Å². The second-order valence-electron chi connectivity index (χ2n) is 3.62. The first-order valence-electron chi connectivity index (χ1n) is 5.34. The van der Waals surface area contributed by atoms with Gasteiger partial charge in [-0.25, -0.2) is 4.79 Å². The number of anilines is 1. The second-order valence-corrected chi connectivity index (χ2v) is 5.45. The number of thiophene rings is 1. The summed E-state index contributed by atoms with van der Waals surface area (Å²) in [6, 6.07) is 8.58. The Bertz CT molecular complexity index is 607. The summed E-state index contributed by atoms with van der Waals surface area (Å²) >= 11 is 4.58. The number of rotatable bonds is 3. The number of hydrogen-bond acceptors (Lipinski definition) is 4. The van der Waals surface area contributed by atoms with E-state index in [-0.39, 0.29) is 5.91 Å². The third-order valence-corrected chi connectivity index (χ3v) is 3.76. The van der Waals surface area contributed by atoms with Crippen LogP contribution < -0.4 is 5.32 Å². The van der Waals surface area contributed by atoms with Crippen LogP contribution in [-0.4, -0.2) is 19.0 Å². The van der Waals surface area contributed by atoms with Crippen LogP contribution in [-0.2, 0) is 4.74 Å². The number of halogens is 1. The number of carbonyl (C=O) groups excluding carboxylic acids is 2. The van der Waals surface area contributed by atoms with E-state index in [1.165, 1.54) is 18.4 Å². The Morgan fingerprint density at radius 2 is 1.89 bits per heavy atom. The maximum Gasteiger partial charge on any atom is 0.340 e. The zero-order chi connectivity index (χ0) is 13.8. The van der Waals surface area contributed by atoms with Crippen LogP contribution >= 0.6 is 27.3 Å². The molecule has 0 saturated heterocycles. The molecule has 6 heteroatoms. The number of carbonyl (C=O) groups is 2. The monoisotopic (exact) mass is 339 g/mol. The van der Waals surface area contributed by atoms with Gasteiger partial charge in [-0.3, -0.25) is 4.79 Å². The average Bonchev–Trinajstić information content (AvgIpc) is 2.86. The van der Waals surface area contributed by atoms with Crippen molar-refractivity contribution in [2.24, 2.45) is 0 Å². The standard InChI is InChI=1S/C13H10BrNO3S/c1-18-13(17)10-6-7-19-12(10)15-11(16)8-2-4-9(14)5-3-8/h2-7H,1H3,(H,15,16). The highest BCUT2D eigenvalue weighted by Gasteiger charge is 2.15. The smallest absolute Gasteiger partial charge is 0.340 e. The minimum Gasteiger partial charge on any atom is -0.465 e. The molecule has 0 unspecified atom stereocenters. The molecule has 0 bridgehead atoms. The molecule has 98 valence electrons. The van der Waals surface area contributed by atoms with Gasteiger partial charge >= 0.3 is 5.97 Å². The van der Waals surface area contributed by atoms with Crippen molar-refractivity contribution >= 4 is 44.1 Å². The molecule has 0 atom stereocenters. The fraction of sp³-hybridized carbons (Fsp3) is 0.0769. The highest BCUT2D eigenvalue weighted by atomic mass is 79.9. The van der Waals surface area contributed by atoms with Crippen molar-refractivity contribution in [3.05, 3.63) is 51.3 Å². The molecular formula is C13H10BrNO3S. The minimum atomic E-state index is -0.465. The molecule has 19 heavy (non-hydrogen) atoms. The maximum atomic E-state index is 12.0. The summed E-state index contributed by atoms with van der Waals surface area (Å²) < 4.78 is 5.55. The Labute approximate surface area is 122 Å². The van der Waals surface area contributed by atoms with Crippen molar-refractivity contribution in [1.29, 1.82) is 0 Å². The first-order chi connectivity index (χ1) is 9.11. The second kappa shape index (κ2) is 5.99. The SMILES string of the molecule is COC(=O)c1ccsc1NC(=O)c1ccc(Br)cc1. The van der Waals surface area contributed by atoms with Gasteiger partial charge in [-0.2, -0.15) is 0 Å². The number of esters is 1. The molecule has 4 nitrogen and oxygen atoms in total. The van der Waals surface area contributed by atoms with Crippen LogP contribution in [0.25, 0.3) is 0 Å². The minimum absolute atomic E-state index is 0.264. The predicted molar refractivity (Wildman–Crippen MR) is 77.8 cm³/mol. The van der Waals surface area contributed by atoms with Gasteiger partial charge in [0.25, 0.3) is 5.91 Å². The maximum absolute atomic E-state index is 12.0. The molecule has 0 spiro atoms. The number of amides is 1. The van der Waals surface area contributed by atoms with Crippen molar-refractivity contribution in [2.45, 2.75) is 0 Å². The van der Waals surface area contributed by atoms with E-state index < -0.39 is 5.97 Å². The number of ether oxygens (including phenoxy) is 1. The third-order valence-electron chi connectivity index (χ3n) is 2.40. The summed E-state index contributed by atoms with van der Waals surface area (Å²) in [4.78, 5) is 23.5. The van der Waals surface area contributed by atoms with Gasteiger partial charge in [0.05, 0.1) is 12.7 Å². The lowest BCUT2D eigenvalue weighted by molar-refractivity contribution is 0.0602. The molecule has 0 saturated carbocycles. The Morgan fingerprint density at radius 1 is 1.21 bits per heavy atom. The van der Waals surface area contributed by atoms with Gasteiger partial charge in [0.1, 0.15) is 5.00 Å². The highest BCUT2D eigenvalue weighted by molar-refractivity contribution is 9.10. The molecule has 1 aromatic carbocycles. The Balaban J connectivity index is 2.17. The van der Waals surface area contributed by atoms with Crippen LogP contribution in [0.4, 0.5) is 5.00 Å². The molecule has 0 radical (unpaired) electrons. The number of nitrogens with one attached hydrogen (secondary N) is 1. The van der Waals surface area contributed by atoms with Gasteiger partial charge in [-0.05, 0) is 35.7 Å². The molecular weight excluding hydrogens is 330 g/mol. The lowest BCUT2D eigenvalue weighted by Gasteiger charge is -2.05. The van der Waals surface area contributed by atoms with E-state index >= 15 is 0 Å². The third kappa shape index (κ3) is 3.21. The summed E-state index contributed by atoms with van der Waals surface area (Å²) in [5.41, 5.74) is 0.880. The van der Waals surface area contributed by atoms with Crippen molar-refractivity contribution in [1.82, 2.24) is 0 Å². The van der Waals surface area contributed by atoms with Crippen LogP contribution in [0.5, 0.6) is 0 Å². The van der Waals surface area contributed by atoms with Gasteiger partial charge in [0.15, 0.2) is 0 Å². The van der Waals surface area contributed by atoms with E-state index in [9.17, 15) is 9.59 Å². The van der Waals surface area contributed by atoms with Gasteiger partial charge < -0.3 is 10.1 Å². The van der Waals surface area contributed by atoms with Gasteiger partial charge in [0.2, 0.25) is 0 Å². The normalized spacial score (nSPS) is 10.0. The summed E-state index contributed by atoms with van der Waals surface area (Å²) in [5.74, 6) is -0.729. The predicted octanol–water partition coefficient (Wildman–Crippen LogP) is 3.55.